The summed E-state index contributed by atoms with van der Waals surface area (Å²) in [6.07, 6.45) is 2.03. The molecule has 0 unspecified atom stereocenters. The topological polar surface area (TPSA) is 0 Å². The van der Waals surface area contributed by atoms with Gasteiger partial charge in [0, 0.05) is 25.4 Å². The number of hydrogen-bond donors (Lipinski definition) is 0. The van der Waals surface area contributed by atoms with Crippen molar-refractivity contribution < 1.29 is 0 Å². The smallest absolute Gasteiger partial charge is 0.0481 e. The van der Waals surface area contributed by atoms with Crippen molar-refractivity contribution >= 4 is 46.6 Å². The molecule has 14 heavy (non-hydrogen) atoms. The molecule has 0 aliphatic heterocycles. The first-order valence-electron chi connectivity index (χ1n) is 4.08. The van der Waals surface area contributed by atoms with Gasteiger partial charge >= 0.3 is 0 Å². The van der Waals surface area contributed by atoms with Crippen molar-refractivity contribution in [2.24, 2.45) is 0 Å². The monoisotopic (exact) mass is 268 g/mol. The van der Waals surface area contributed by atoms with Crippen molar-refractivity contribution in [1.29, 1.82) is 0 Å². The Bertz CT molecular complexity index is 324. The Labute approximate surface area is 104 Å². The van der Waals surface area contributed by atoms with Gasteiger partial charge in [0.25, 0.3) is 0 Å². The van der Waals surface area contributed by atoms with Crippen LogP contribution in [0.1, 0.15) is 19.4 Å². The van der Waals surface area contributed by atoms with Gasteiger partial charge in [-0.25, -0.2) is 0 Å². The van der Waals surface area contributed by atoms with Crippen LogP contribution in [0.25, 0.3) is 0 Å². The second-order valence-corrected chi connectivity index (χ2v) is 6.14. The Balaban J connectivity index is 3.35. The average molecular weight is 270 g/mol. The summed E-state index contributed by atoms with van der Waals surface area (Å²) in [5, 5.41) is 1.82. The number of hydrogen-bond acceptors (Lipinski definition) is 1. The van der Waals surface area contributed by atoms with Crippen LogP contribution in [0.15, 0.2) is 12.1 Å². The molecular formula is C10H11Cl3S. The Morgan fingerprint density at radius 1 is 1.07 bits per heavy atom. The minimum absolute atomic E-state index is 0.0985. The fraction of sp³-hybridized carbons (Fsp3) is 0.400. The quantitative estimate of drug-likeness (QED) is 0.707. The lowest BCUT2D eigenvalue weighted by Crippen LogP contribution is -2.12. The maximum Gasteiger partial charge on any atom is 0.0481 e. The minimum atomic E-state index is -0.0985. The molecule has 1 aromatic rings. The molecule has 1 rings (SSSR count). The van der Waals surface area contributed by atoms with Crippen molar-refractivity contribution in [2.75, 3.05) is 6.26 Å². The van der Waals surface area contributed by atoms with Crippen LogP contribution in [0.3, 0.4) is 0 Å². The van der Waals surface area contributed by atoms with Crippen molar-refractivity contribution in [3.8, 4) is 0 Å². The third-order valence-electron chi connectivity index (χ3n) is 2.12. The van der Waals surface area contributed by atoms with E-state index in [-0.39, 0.29) is 4.75 Å². The van der Waals surface area contributed by atoms with Crippen molar-refractivity contribution in [1.82, 2.24) is 0 Å². The summed E-state index contributed by atoms with van der Waals surface area (Å²) < 4.78 is -0.0985. The van der Waals surface area contributed by atoms with Crippen molar-refractivity contribution in [2.45, 2.75) is 18.6 Å². The van der Waals surface area contributed by atoms with Crippen LogP contribution >= 0.6 is 46.6 Å². The van der Waals surface area contributed by atoms with E-state index in [2.05, 4.69) is 13.8 Å². The van der Waals surface area contributed by atoms with E-state index in [1.165, 1.54) is 0 Å². The highest BCUT2D eigenvalue weighted by Crippen LogP contribution is 2.43. The zero-order chi connectivity index (χ0) is 10.9. The van der Waals surface area contributed by atoms with Gasteiger partial charge in [0.2, 0.25) is 0 Å². The van der Waals surface area contributed by atoms with Crippen LogP contribution in [0, 0.1) is 0 Å². The Morgan fingerprint density at radius 3 is 1.86 bits per heavy atom. The van der Waals surface area contributed by atoms with Gasteiger partial charge in [-0.15, -0.1) is 0 Å². The molecule has 0 radical (unpaired) electrons. The van der Waals surface area contributed by atoms with Gasteiger partial charge in [-0.05, 0) is 32.2 Å². The lowest BCUT2D eigenvalue weighted by molar-refractivity contribution is 0.786. The van der Waals surface area contributed by atoms with E-state index in [0.29, 0.717) is 15.1 Å². The fourth-order valence-corrected chi connectivity index (χ4v) is 3.04. The summed E-state index contributed by atoms with van der Waals surface area (Å²) in [5.74, 6) is 0. The molecule has 0 nitrogen and oxygen atoms in total. The zero-order valence-electron chi connectivity index (χ0n) is 8.20. The molecule has 0 aliphatic rings. The van der Waals surface area contributed by atoms with E-state index in [0.717, 1.165) is 5.56 Å². The molecular weight excluding hydrogens is 259 g/mol. The van der Waals surface area contributed by atoms with E-state index in [1.54, 1.807) is 23.9 Å². The fourth-order valence-electron chi connectivity index (χ4n) is 1.22. The maximum atomic E-state index is 6.12. The van der Waals surface area contributed by atoms with Crippen LogP contribution in [-0.2, 0) is 4.75 Å². The highest BCUT2D eigenvalue weighted by atomic mass is 35.5. The van der Waals surface area contributed by atoms with Gasteiger partial charge < -0.3 is 0 Å². The van der Waals surface area contributed by atoms with Gasteiger partial charge in [0.1, 0.15) is 0 Å². The minimum Gasteiger partial charge on any atom is -0.154 e. The first-order valence-corrected chi connectivity index (χ1v) is 6.44. The van der Waals surface area contributed by atoms with Gasteiger partial charge in [0.15, 0.2) is 0 Å². The molecule has 78 valence electrons. The standard InChI is InChI=1S/C10H11Cl3S/c1-10(2,14-3)9-7(12)4-6(11)5-8(9)13/h4-5H,1-3H3. The second-order valence-electron chi connectivity index (χ2n) is 3.46. The van der Waals surface area contributed by atoms with Crippen LogP contribution in [0.4, 0.5) is 0 Å². The summed E-state index contributed by atoms with van der Waals surface area (Å²) in [4.78, 5) is 0. The lowest BCUT2D eigenvalue weighted by Gasteiger charge is -2.25. The Hall–Kier alpha value is 0.440. The molecule has 0 aliphatic carbocycles. The molecule has 0 spiro atoms. The zero-order valence-corrected chi connectivity index (χ0v) is 11.3. The SMILES string of the molecule is CSC(C)(C)c1c(Cl)cc(Cl)cc1Cl. The second kappa shape index (κ2) is 4.52. The maximum absolute atomic E-state index is 6.12. The van der Waals surface area contributed by atoms with Crippen LogP contribution in [-0.4, -0.2) is 6.26 Å². The highest BCUT2D eigenvalue weighted by Gasteiger charge is 2.25. The van der Waals surface area contributed by atoms with Crippen LogP contribution in [0.5, 0.6) is 0 Å². The van der Waals surface area contributed by atoms with E-state index in [4.69, 9.17) is 34.8 Å². The largest absolute Gasteiger partial charge is 0.154 e. The van der Waals surface area contributed by atoms with Gasteiger partial charge in [0.05, 0.1) is 0 Å². The number of halogens is 3. The van der Waals surface area contributed by atoms with Gasteiger partial charge in [-0.1, -0.05) is 34.8 Å². The Kier molecular flexibility index (Phi) is 4.04. The molecule has 0 aromatic heterocycles. The molecule has 0 bridgehead atoms. The first kappa shape index (κ1) is 12.5. The number of benzene rings is 1. The van der Waals surface area contributed by atoms with Gasteiger partial charge in [-0.2, -0.15) is 11.8 Å². The predicted molar refractivity (Wildman–Crippen MR) is 68.0 cm³/mol. The first-order chi connectivity index (χ1) is 6.38. The van der Waals surface area contributed by atoms with E-state index < -0.39 is 0 Å². The summed E-state index contributed by atoms with van der Waals surface area (Å²) in [5.41, 5.74) is 0.942. The Morgan fingerprint density at radius 2 is 1.50 bits per heavy atom. The third-order valence-corrected chi connectivity index (χ3v) is 4.16. The van der Waals surface area contributed by atoms with E-state index >= 15 is 0 Å². The summed E-state index contributed by atoms with van der Waals surface area (Å²) in [7, 11) is 0. The summed E-state index contributed by atoms with van der Waals surface area (Å²) >= 11 is 19.8. The normalized spacial score (nSPS) is 11.9. The van der Waals surface area contributed by atoms with Crippen LogP contribution < -0.4 is 0 Å². The average Bonchev–Trinajstić information content (AvgIpc) is 2.01. The number of thioether (sulfide) groups is 1. The molecule has 0 fully saturated rings. The molecule has 0 heterocycles. The summed E-state index contributed by atoms with van der Waals surface area (Å²) in [6.45, 7) is 4.16. The number of rotatable bonds is 2. The molecule has 0 saturated carbocycles. The van der Waals surface area contributed by atoms with Gasteiger partial charge in [-0.3, -0.25) is 0 Å². The highest BCUT2D eigenvalue weighted by molar-refractivity contribution is 7.99. The molecule has 1 aromatic carbocycles. The molecule has 0 amide bonds. The third kappa shape index (κ3) is 2.52. The van der Waals surface area contributed by atoms with Crippen LogP contribution in [0.2, 0.25) is 15.1 Å². The molecule has 0 saturated heterocycles. The molecule has 0 N–H and O–H groups in total. The lowest BCUT2D eigenvalue weighted by atomic mass is 10.0. The van der Waals surface area contributed by atoms with E-state index in [1.807, 2.05) is 6.26 Å². The van der Waals surface area contributed by atoms with E-state index in [9.17, 15) is 0 Å². The molecule has 0 atom stereocenters. The predicted octanol–water partition coefficient (Wildman–Crippen LogP) is 5.24. The molecule has 4 heteroatoms. The van der Waals surface area contributed by atoms with Crippen molar-refractivity contribution in [3.05, 3.63) is 32.8 Å². The summed E-state index contributed by atoms with van der Waals surface area (Å²) in [6, 6.07) is 3.45. The van der Waals surface area contributed by atoms with Crippen molar-refractivity contribution in [3.63, 3.8) is 0 Å².